The van der Waals surface area contributed by atoms with Gasteiger partial charge in [-0.15, -0.1) is 0 Å². The quantitative estimate of drug-likeness (QED) is 0.161. The molecule has 0 aromatic heterocycles. The average molecular weight is 576 g/mol. The van der Waals surface area contributed by atoms with Crippen molar-refractivity contribution in [2.45, 2.75) is 23.8 Å². The van der Waals surface area contributed by atoms with Crippen LogP contribution in [-0.4, -0.2) is 32.8 Å². The van der Waals surface area contributed by atoms with Crippen LogP contribution in [0.3, 0.4) is 0 Å². The highest BCUT2D eigenvalue weighted by Gasteiger charge is 2.38. The van der Waals surface area contributed by atoms with Gasteiger partial charge >= 0.3 is 0 Å². The minimum Gasteiger partial charge on any atom is -0.339 e. The second-order valence-corrected chi connectivity index (χ2v) is 11.2. The van der Waals surface area contributed by atoms with E-state index < -0.39 is 27.7 Å². The van der Waals surface area contributed by atoms with Crippen molar-refractivity contribution in [1.29, 1.82) is 0 Å². The summed E-state index contributed by atoms with van der Waals surface area (Å²) >= 11 is 23.8. The molecule has 3 aromatic carbocycles. The Balaban J connectivity index is 1.53. The molecule has 0 aliphatic carbocycles. The van der Waals surface area contributed by atoms with E-state index in [1.165, 1.54) is 0 Å². The molecule has 3 N–H and O–H groups in total. The summed E-state index contributed by atoms with van der Waals surface area (Å²) < 4.78 is -1.97. The fourth-order valence-corrected chi connectivity index (χ4v) is 4.55. The third kappa shape index (κ3) is 5.88. The number of aryl methyl sites for hydroxylation is 2. The van der Waals surface area contributed by atoms with E-state index in [-0.39, 0.29) is 5.11 Å². The van der Waals surface area contributed by atoms with Crippen LogP contribution >= 0.6 is 47.0 Å². The van der Waals surface area contributed by atoms with Gasteiger partial charge < -0.3 is 16.0 Å². The van der Waals surface area contributed by atoms with Gasteiger partial charge in [0.25, 0.3) is 17.7 Å². The number of benzene rings is 3. The van der Waals surface area contributed by atoms with Gasteiger partial charge in [0, 0.05) is 5.56 Å². The molecule has 1 heterocycles. The lowest BCUT2D eigenvalue weighted by Crippen LogP contribution is -2.56. The number of anilines is 2. The predicted octanol–water partition coefficient (Wildman–Crippen LogP) is 5.52. The van der Waals surface area contributed by atoms with Crippen molar-refractivity contribution in [2.24, 2.45) is 0 Å². The smallest absolute Gasteiger partial charge is 0.266 e. The highest BCUT2D eigenvalue weighted by atomic mass is 35.6. The molecule has 0 bridgehead atoms. The molecule has 0 fully saturated rings. The number of carbonyl (C=O) groups excluding carboxylic acids is 3. The zero-order valence-corrected chi connectivity index (χ0v) is 22.7. The van der Waals surface area contributed by atoms with Crippen LogP contribution < -0.4 is 20.9 Å². The first-order chi connectivity index (χ1) is 17.5. The van der Waals surface area contributed by atoms with Gasteiger partial charge in [0.2, 0.25) is 3.79 Å². The number of thiocarbonyl (C=S) groups is 1. The number of halogens is 3. The number of amides is 3. The predicted molar refractivity (Wildman–Crippen MR) is 151 cm³/mol. The van der Waals surface area contributed by atoms with Crippen molar-refractivity contribution >= 4 is 81.2 Å². The van der Waals surface area contributed by atoms with Gasteiger partial charge in [-0.3, -0.25) is 14.4 Å². The van der Waals surface area contributed by atoms with Gasteiger partial charge in [0.15, 0.2) is 5.11 Å². The Morgan fingerprint density at radius 1 is 0.865 bits per heavy atom. The topological polar surface area (TPSA) is 90.5 Å². The third-order valence-electron chi connectivity index (χ3n) is 5.55. The van der Waals surface area contributed by atoms with Crippen LogP contribution in [-0.2, 0) is 0 Å². The zero-order valence-electron chi connectivity index (χ0n) is 19.6. The van der Waals surface area contributed by atoms with E-state index in [1.54, 1.807) is 60.7 Å². The molecule has 3 amide bonds. The Kier molecular flexibility index (Phi) is 7.75. The number of rotatable bonds is 5. The van der Waals surface area contributed by atoms with Crippen LogP contribution in [0, 0.1) is 13.8 Å². The van der Waals surface area contributed by atoms with E-state index in [0.29, 0.717) is 28.1 Å². The highest BCUT2D eigenvalue weighted by molar-refractivity contribution is 7.80. The first kappa shape index (κ1) is 26.9. The summed E-state index contributed by atoms with van der Waals surface area (Å²) in [6, 6.07) is 18.6. The van der Waals surface area contributed by atoms with Gasteiger partial charge in [-0.1, -0.05) is 76.3 Å². The Labute approximate surface area is 234 Å². The maximum absolute atomic E-state index is 13.0. The molecule has 0 saturated carbocycles. The van der Waals surface area contributed by atoms with Gasteiger partial charge in [0.1, 0.15) is 6.17 Å². The lowest BCUT2D eigenvalue weighted by molar-refractivity contribution is 0.0918. The molecular weight excluding hydrogens is 555 g/mol. The third-order valence-corrected chi connectivity index (χ3v) is 6.42. The first-order valence-electron chi connectivity index (χ1n) is 11.1. The maximum atomic E-state index is 13.0. The molecule has 190 valence electrons. The number of carbonyl (C=O) groups is 3. The summed E-state index contributed by atoms with van der Waals surface area (Å²) in [6.45, 7) is 3.75. The normalized spacial score (nSPS) is 13.7. The molecule has 1 aliphatic rings. The van der Waals surface area contributed by atoms with Crippen molar-refractivity contribution in [3.05, 3.63) is 94.5 Å². The van der Waals surface area contributed by atoms with Crippen molar-refractivity contribution in [3.8, 4) is 0 Å². The number of nitrogens with zero attached hydrogens (tertiary/aromatic N) is 1. The van der Waals surface area contributed by atoms with Gasteiger partial charge in [-0.05, 0) is 62.5 Å². The summed E-state index contributed by atoms with van der Waals surface area (Å²) in [6.07, 6.45) is -1.21. The van der Waals surface area contributed by atoms with Gasteiger partial charge in [-0.2, -0.15) is 0 Å². The van der Waals surface area contributed by atoms with E-state index in [1.807, 2.05) is 19.9 Å². The molecule has 0 radical (unpaired) electrons. The molecule has 4 rings (SSSR count). The van der Waals surface area contributed by atoms with Crippen molar-refractivity contribution in [1.82, 2.24) is 10.6 Å². The molecule has 11 heteroatoms. The Hall–Kier alpha value is -3.17. The van der Waals surface area contributed by atoms with Crippen LogP contribution in [0.25, 0.3) is 0 Å². The molecule has 0 spiro atoms. The molecule has 1 atom stereocenters. The van der Waals surface area contributed by atoms with E-state index in [0.717, 1.165) is 16.0 Å². The second kappa shape index (κ2) is 10.7. The number of hydrogen-bond acceptors (Lipinski definition) is 4. The summed E-state index contributed by atoms with van der Waals surface area (Å²) in [4.78, 5) is 39.9. The molecule has 1 aliphatic heterocycles. The van der Waals surface area contributed by atoms with Crippen LogP contribution in [0.5, 0.6) is 0 Å². The number of alkyl halides is 3. The molecule has 1 unspecified atom stereocenters. The number of nitrogens with one attached hydrogen (secondary N) is 3. The van der Waals surface area contributed by atoms with Crippen molar-refractivity contribution < 1.29 is 14.4 Å². The van der Waals surface area contributed by atoms with Gasteiger partial charge in [0.05, 0.1) is 22.5 Å². The second-order valence-electron chi connectivity index (χ2n) is 8.43. The van der Waals surface area contributed by atoms with E-state index in [9.17, 15) is 14.4 Å². The van der Waals surface area contributed by atoms with Gasteiger partial charge in [-0.25, -0.2) is 4.90 Å². The van der Waals surface area contributed by atoms with Crippen LogP contribution in [0.15, 0.2) is 66.7 Å². The Morgan fingerprint density at radius 3 is 1.97 bits per heavy atom. The van der Waals surface area contributed by atoms with Crippen LogP contribution in [0.4, 0.5) is 11.4 Å². The summed E-state index contributed by atoms with van der Waals surface area (Å²) in [5.41, 5.74) is 3.49. The number of hydrogen-bond donors (Lipinski definition) is 3. The fourth-order valence-electron chi connectivity index (χ4n) is 3.99. The largest absolute Gasteiger partial charge is 0.339 e. The molecular formula is C26H21Cl3N4O3S. The summed E-state index contributed by atoms with van der Waals surface area (Å²) in [5, 5.41) is 8.37. The number of imide groups is 1. The van der Waals surface area contributed by atoms with Crippen LogP contribution in [0.2, 0.25) is 0 Å². The lowest BCUT2D eigenvalue weighted by atomic mass is 10.1. The van der Waals surface area contributed by atoms with Crippen molar-refractivity contribution in [3.63, 3.8) is 0 Å². The lowest BCUT2D eigenvalue weighted by Gasteiger charge is -2.28. The molecule has 0 saturated heterocycles. The number of para-hydroxylation sites is 2. The van der Waals surface area contributed by atoms with E-state index >= 15 is 0 Å². The van der Waals surface area contributed by atoms with E-state index in [2.05, 4.69) is 16.0 Å². The summed E-state index contributed by atoms with van der Waals surface area (Å²) in [7, 11) is 0. The Morgan fingerprint density at radius 2 is 1.41 bits per heavy atom. The Bertz CT molecular complexity index is 1370. The summed E-state index contributed by atoms with van der Waals surface area (Å²) in [5.74, 6) is -1.37. The SMILES string of the molecule is Cc1cc(C)cc(C(=O)NC(NC(=S)Nc2ccccc2N2C(=O)c3ccccc3C2=O)C(Cl)(Cl)Cl)c1. The zero-order chi connectivity index (χ0) is 26.9. The molecule has 37 heavy (non-hydrogen) atoms. The fraction of sp³-hybridized carbons (Fsp3) is 0.154. The van der Waals surface area contributed by atoms with Crippen molar-refractivity contribution in [2.75, 3.05) is 10.2 Å². The monoisotopic (exact) mass is 574 g/mol. The minimum absolute atomic E-state index is 0.0129. The van der Waals surface area contributed by atoms with Crippen LogP contribution in [0.1, 0.15) is 42.2 Å². The van der Waals surface area contributed by atoms with E-state index in [4.69, 9.17) is 47.0 Å². The maximum Gasteiger partial charge on any atom is 0.266 e. The highest BCUT2D eigenvalue weighted by Crippen LogP contribution is 2.34. The first-order valence-corrected chi connectivity index (χ1v) is 12.6. The number of fused-ring (bicyclic) bond motifs is 1. The minimum atomic E-state index is -1.97. The molecule has 7 nitrogen and oxygen atoms in total. The average Bonchev–Trinajstić information content (AvgIpc) is 3.08. The standard InChI is InChI=1S/C26H21Cl3N4O3S/c1-14-11-15(2)13-16(12-14)21(34)31-24(26(27,28)29)32-25(37)30-19-9-5-6-10-20(19)33-22(35)17-7-3-4-8-18(17)23(33)36/h3-13,24H,1-2H3,(H,31,34)(H2,30,32,37). The molecule has 3 aromatic rings.